The normalized spacial score (nSPS) is 11.1. The van der Waals surface area contributed by atoms with Gasteiger partial charge in [-0.3, -0.25) is 0 Å². The smallest absolute Gasteiger partial charge is 0.00172 e. The second kappa shape index (κ2) is 5.61. The fourth-order valence-electron chi connectivity index (χ4n) is 1.52. The molecular weight excluding hydrogens is 170 g/mol. The van der Waals surface area contributed by atoms with Crippen molar-refractivity contribution >= 4 is 6.08 Å². The molecule has 76 valence electrons. The molecule has 0 spiro atoms. The quantitative estimate of drug-likeness (QED) is 0.718. The van der Waals surface area contributed by atoms with E-state index in [9.17, 15) is 0 Å². The van der Waals surface area contributed by atoms with Gasteiger partial charge >= 0.3 is 0 Å². The van der Waals surface area contributed by atoms with Crippen LogP contribution in [0.4, 0.5) is 0 Å². The Balaban J connectivity index is 2.70. The Kier molecular flexibility index (Phi) is 4.41. The fraction of sp³-hybridized carbons (Fsp3) is 0.385. The van der Waals surface area contributed by atoms with Crippen LogP contribution in [-0.2, 0) is 0 Å². The summed E-state index contributed by atoms with van der Waals surface area (Å²) in [6.07, 6.45) is 5.54. The predicted octanol–water partition coefficient (Wildman–Crippen LogP) is 2.93. The van der Waals surface area contributed by atoms with E-state index < -0.39 is 0 Å². The lowest BCUT2D eigenvalue weighted by Crippen LogP contribution is -2.05. The number of aryl methyl sites for hydroxylation is 2. The van der Waals surface area contributed by atoms with Gasteiger partial charge in [0.15, 0.2) is 0 Å². The maximum Gasteiger partial charge on any atom is -0.00172 e. The third-order valence-corrected chi connectivity index (χ3v) is 2.39. The standard InChI is InChI=1S/C13H19N/c1-11-7-6-8-12(2)13(11)9-4-5-10-14-3/h4,6-9,14H,5,10H2,1-3H3. The van der Waals surface area contributed by atoms with Gasteiger partial charge in [-0.2, -0.15) is 0 Å². The van der Waals surface area contributed by atoms with E-state index in [1.165, 1.54) is 16.7 Å². The molecule has 0 amide bonds. The Morgan fingerprint density at radius 1 is 1.21 bits per heavy atom. The molecule has 0 radical (unpaired) electrons. The van der Waals surface area contributed by atoms with E-state index in [4.69, 9.17) is 0 Å². The molecule has 1 N–H and O–H groups in total. The lowest BCUT2D eigenvalue weighted by molar-refractivity contribution is 0.809. The van der Waals surface area contributed by atoms with Crippen LogP contribution in [0, 0.1) is 13.8 Å². The van der Waals surface area contributed by atoms with Gasteiger partial charge in [-0.25, -0.2) is 0 Å². The summed E-state index contributed by atoms with van der Waals surface area (Å²) in [5, 5.41) is 3.13. The molecule has 0 saturated carbocycles. The van der Waals surface area contributed by atoms with Crippen LogP contribution in [0.2, 0.25) is 0 Å². The Labute approximate surface area is 86.8 Å². The summed E-state index contributed by atoms with van der Waals surface area (Å²) in [6.45, 7) is 5.36. The van der Waals surface area contributed by atoms with Crippen LogP contribution in [0.25, 0.3) is 6.08 Å². The minimum absolute atomic E-state index is 1.04. The SMILES string of the molecule is CNCCC=Cc1c(C)cccc1C. The average molecular weight is 189 g/mol. The van der Waals surface area contributed by atoms with Gasteiger partial charge in [0.05, 0.1) is 0 Å². The zero-order valence-corrected chi connectivity index (χ0v) is 9.30. The van der Waals surface area contributed by atoms with Gasteiger partial charge in [-0.05, 0) is 50.6 Å². The van der Waals surface area contributed by atoms with Crippen LogP contribution in [0.1, 0.15) is 23.1 Å². The molecular formula is C13H19N. The topological polar surface area (TPSA) is 12.0 Å². The lowest BCUT2D eigenvalue weighted by atomic mass is 10.0. The Bertz CT molecular complexity index is 293. The highest BCUT2D eigenvalue weighted by Crippen LogP contribution is 2.14. The van der Waals surface area contributed by atoms with Crippen LogP contribution >= 0.6 is 0 Å². The molecule has 0 aromatic heterocycles. The number of rotatable bonds is 4. The molecule has 0 fully saturated rings. The van der Waals surface area contributed by atoms with Gasteiger partial charge in [0.2, 0.25) is 0 Å². The van der Waals surface area contributed by atoms with E-state index in [2.05, 4.69) is 49.5 Å². The number of benzene rings is 1. The highest BCUT2D eigenvalue weighted by molar-refractivity contribution is 5.57. The van der Waals surface area contributed by atoms with Gasteiger partial charge < -0.3 is 5.32 Å². The Hall–Kier alpha value is -1.08. The van der Waals surface area contributed by atoms with E-state index in [0.29, 0.717) is 0 Å². The van der Waals surface area contributed by atoms with Crippen molar-refractivity contribution in [2.24, 2.45) is 0 Å². The van der Waals surface area contributed by atoms with Crippen LogP contribution in [0.5, 0.6) is 0 Å². The third-order valence-electron chi connectivity index (χ3n) is 2.39. The molecule has 0 saturated heterocycles. The first-order chi connectivity index (χ1) is 6.75. The van der Waals surface area contributed by atoms with Gasteiger partial charge in [-0.15, -0.1) is 0 Å². The first-order valence-corrected chi connectivity index (χ1v) is 5.13. The van der Waals surface area contributed by atoms with Crippen molar-refractivity contribution in [3.05, 3.63) is 41.0 Å². The molecule has 0 unspecified atom stereocenters. The predicted molar refractivity (Wildman–Crippen MR) is 63.5 cm³/mol. The molecule has 0 aliphatic heterocycles. The third kappa shape index (κ3) is 3.00. The summed E-state index contributed by atoms with van der Waals surface area (Å²) < 4.78 is 0. The van der Waals surface area contributed by atoms with Crippen molar-refractivity contribution in [2.45, 2.75) is 20.3 Å². The molecule has 1 aromatic carbocycles. The maximum atomic E-state index is 3.13. The summed E-state index contributed by atoms with van der Waals surface area (Å²) in [5.74, 6) is 0. The lowest BCUT2D eigenvalue weighted by Gasteiger charge is -2.03. The van der Waals surface area contributed by atoms with Crippen molar-refractivity contribution in [2.75, 3.05) is 13.6 Å². The summed E-state index contributed by atoms with van der Waals surface area (Å²) >= 11 is 0. The van der Waals surface area contributed by atoms with Crippen molar-refractivity contribution in [3.8, 4) is 0 Å². The molecule has 0 bridgehead atoms. The van der Waals surface area contributed by atoms with Gasteiger partial charge in [-0.1, -0.05) is 30.4 Å². The monoisotopic (exact) mass is 189 g/mol. The molecule has 1 aromatic rings. The second-order valence-electron chi connectivity index (χ2n) is 3.60. The number of hydrogen-bond acceptors (Lipinski definition) is 1. The number of nitrogens with one attached hydrogen (secondary N) is 1. The van der Waals surface area contributed by atoms with Crippen LogP contribution in [0.3, 0.4) is 0 Å². The van der Waals surface area contributed by atoms with Crippen molar-refractivity contribution in [1.82, 2.24) is 5.32 Å². The summed E-state index contributed by atoms with van der Waals surface area (Å²) in [7, 11) is 1.98. The minimum Gasteiger partial charge on any atom is -0.319 e. The molecule has 0 aliphatic rings. The van der Waals surface area contributed by atoms with E-state index in [1.807, 2.05) is 7.05 Å². The van der Waals surface area contributed by atoms with Gasteiger partial charge in [0.25, 0.3) is 0 Å². The Morgan fingerprint density at radius 3 is 2.43 bits per heavy atom. The second-order valence-corrected chi connectivity index (χ2v) is 3.60. The van der Waals surface area contributed by atoms with E-state index in [1.54, 1.807) is 0 Å². The molecule has 1 heteroatoms. The largest absolute Gasteiger partial charge is 0.319 e. The highest BCUT2D eigenvalue weighted by Gasteiger charge is 1.96. The molecule has 1 rings (SSSR count). The molecule has 1 nitrogen and oxygen atoms in total. The average Bonchev–Trinajstić information content (AvgIpc) is 2.16. The highest BCUT2D eigenvalue weighted by atomic mass is 14.8. The van der Waals surface area contributed by atoms with Crippen molar-refractivity contribution in [3.63, 3.8) is 0 Å². The maximum absolute atomic E-state index is 3.13. The Morgan fingerprint density at radius 2 is 1.86 bits per heavy atom. The summed E-state index contributed by atoms with van der Waals surface area (Å²) in [5.41, 5.74) is 4.07. The van der Waals surface area contributed by atoms with Gasteiger partial charge in [0, 0.05) is 0 Å². The number of hydrogen-bond donors (Lipinski definition) is 1. The van der Waals surface area contributed by atoms with E-state index in [-0.39, 0.29) is 0 Å². The molecule has 0 heterocycles. The van der Waals surface area contributed by atoms with Crippen LogP contribution < -0.4 is 5.32 Å². The van der Waals surface area contributed by atoms with Crippen LogP contribution in [-0.4, -0.2) is 13.6 Å². The van der Waals surface area contributed by atoms with Crippen molar-refractivity contribution < 1.29 is 0 Å². The molecule has 0 aliphatic carbocycles. The zero-order valence-electron chi connectivity index (χ0n) is 9.30. The first-order valence-electron chi connectivity index (χ1n) is 5.13. The summed E-state index contributed by atoms with van der Waals surface area (Å²) in [6, 6.07) is 6.42. The van der Waals surface area contributed by atoms with Crippen LogP contribution in [0.15, 0.2) is 24.3 Å². The molecule has 0 atom stereocenters. The summed E-state index contributed by atoms with van der Waals surface area (Å²) in [4.78, 5) is 0. The van der Waals surface area contributed by atoms with Crippen molar-refractivity contribution in [1.29, 1.82) is 0 Å². The van der Waals surface area contributed by atoms with E-state index >= 15 is 0 Å². The fourth-order valence-corrected chi connectivity index (χ4v) is 1.52. The van der Waals surface area contributed by atoms with Gasteiger partial charge in [0.1, 0.15) is 0 Å². The first kappa shape index (κ1) is 11.0. The molecule has 14 heavy (non-hydrogen) atoms. The zero-order chi connectivity index (χ0) is 10.4. The minimum atomic E-state index is 1.04. The van der Waals surface area contributed by atoms with E-state index in [0.717, 1.165) is 13.0 Å².